The molecule has 0 bridgehead atoms. The van der Waals surface area contributed by atoms with Gasteiger partial charge >= 0.3 is 0 Å². The number of fused-ring (bicyclic) bond motifs is 2. The van der Waals surface area contributed by atoms with E-state index in [2.05, 4.69) is 49.3 Å². The maximum Gasteiger partial charge on any atom is 0.280 e. The number of hydrogen-bond donors (Lipinski definition) is 0. The first-order valence-electron chi connectivity index (χ1n) is 10.1. The van der Waals surface area contributed by atoms with E-state index in [9.17, 15) is 4.79 Å². The second kappa shape index (κ2) is 6.96. The van der Waals surface area contributed by atoms with Gasteiger partial charge in [0, 0.05) is 0 Å². The lowest BCUT2D eigenvalue weighted by molar-refractivity contribution is -0.114. The zero-order valence-electron chi connectivity index (χ0n) is 17.3. The topological polar surface area (TPSA) is 32.7 Å². The van der Waals surface area contributed by atoms with Crippen molar-refractivity contribution in [3.05, 3.63) is 95.1 Å². The third-order valence-electron chi connectivity index (χ3n) is 5.90. The molecular weight excluding hydrogens is 368 g/mol. The van der Waals surface area contributed by atoms with Gasteiger partial charge in [-0.2, -0.15) is 10.1 Å². The number of carbonyl (C=O) groups is 1. The Bertz CT molecular complexity index is 1340. The molecule has 1 amide bonds. The molecule has 5 rings (SSSR count). The number of amides is 1. The summed E-state index contributed by atoms with van der Waals surface area (Å²) in [6.45, 7) is 6.02. The van der Waals surface area contributed by atoms with Crippen molar-refractivity contribution in [3.63, 3.8) is 0 Å². The van der Waals surface area contributed by atoms with Gasteiger partial charge in [-0.25, -0.2) is 0 Å². The Labute approximate surface area is 175 Å². The molecule has 0 unspecified atom stereocenters. The minimum atomic E-state index is -0.0900. The number of nitrogens with zero attached hydrogens (tertiary/aromatic N) is 2. The van der Waals surface area contributed by atoms with Crippen LogP contribution in [0.2, 0.25) is 0 Å². The van der Waals surface area contributed by atoms with E-state index in [0.717, 1.165) is 44.1 Å². The first-order valence-corrected chi connectivity index (χ1v) is 10.1. The van der Waals surface area contributed by atoms with Crippen molar-refractivity contribution in [1.82, 2.24) is 0 Å². The summed E-state index contributed by atoms with van der Waals surface area (Å²) in [5, 5.41) is 10.7. The molecule has 1 aliphatic rings. The number of carbonyl (C=O) groups excluding carboxylic acids is 1. The average Bonchev–Trinajstić information content (AvgIpc) is 3.03. The van der Waals surface area contributed by atoms with Crippen LogP contribution in [-0.2, 0) is 4.79 Å². The second-order valence-corrected chi connectivity index (χ2v) is 7.86. The molecule has 30 heavy (non-hydrogen) atoms. The molecule has 0 N–H and O–H groups in total. The fraction of sp³-hybridized carbons (Fsp3) is 0.111. The van der Waals surface area contributed by atoms with Gasteiger partial charge in [0.25, 0.3) is 5.91 Å². The van der Waals surface area contributed by atoms with E-state index in [4.69, 9.17) is 0 Å². The SMILES string of the molecule is CC1=NN(c2ccc(C)c(C)c2)C(=O)/C1=C/c1c2ccccc2cc2ccccc12. The molecule has 146 valence electrons. The molecule has 4 aromatic rings. The molecule has 1 heterocycles. The van der Waals surface area contributed by atoms with Crippen LogP contribution in [0.25, 0.3) is 27.6 Å². The highest BCUT2D eigenvalue weighted by Crippen LogP contribution is 2.32. The Morgan fingerprint density at radius 1 is 0.767 bits per heavy atom. The highest BCUT2D eigenvalue weighted by atomic mass is 16.2. The van der Waals surface area contributed by atoms with E-state index >= 15 is 0 Å². The van der Waals surface area contributed by atoms with Crippen LogP contribution in [0.4, 0.5) is 5.69 Å². The van der Waals surface area contributed by atoms with E-state index < -0.39 is 0 Å². The summed E-state index contributed by atoms with van der Waals surface area (Å²) in [7, 11) is 0. The van der Waals surface area contributed by atoms with E-state index in [1.165, 1.54) is 10.6 Å². The minimum Gasteiger partial charge on any atom is -0.267 e. The molecule has 3 heteroatoms. The quantitative estimate of drug-likeness (QED) is 0.287. The Morgan fingerprint density at radius 2 is 1.40 bits per heavy atom. The van der Waals surface area contributed by atoms with Crippen LogP contribution in [0.15, 0.2) is 83.5 Å². The molecule has 0 radical (unpaired) electrons. The molecule has 0 saturated heterocycles. The van der Waals surface area contributed by atoms with Gasteiger partial charge in [-0.1, -0.05) is 54.6 Å². The lowest BCUT2D eigenvalue weighted by Crippen LogP contribution is -2.21. The number of rotatable bonds is 2. The zero-order chi connectivity index (χ0) is 20.8. The van der Waals surface area contributed by atoms with Gasteiger partial charge in [-0.05, 0) is 83.3 Å². The molecule has 0 saturated carbocycles. The van der Waals surface area contributed by atoms with Crippen LogP contribution in [0.5, 0.6) is 0 Å². The molecule has 0 aromatic heterocycles. The molecule has 0 spiro atoms. The van der Waals surface area contributed by atoms with E-state index in [0.29, 0.717) is 5.57 Å². The van der Waals surface area contributed by atoms with Gasteiger partial charge in [-0.15, -0.1) is 0 Å². The summed E-state index contributed by atoms with van der Waals surface area (Å²) in [5.41, 5.74) is 5.57. The van der Waals surface area contributed by atoms with Gasteiger partial charge in [0.2, 0.25) is 0 Å². The molecule has 1 aliphatic heterocycles. The number of aryl methyl sites for hydroxylation is 2. The predicted octanol–water partition coefficient (Wildman–Crippen LogP) is 6.42. The van der Waals surface area contributed by atoms with Crippen LogP contribution >= 0.6 is 0 Å². The fourth-order valence-electron chi connectivity index (χ4n) is 4.07. The monoisotopic (exact) mass is 390 g/mol. The van der Waals surface area contributed by atoms with Gasteiger partial charge in [0.1, 0.15) is 0 Å². The number of benzene rings is 4. The molecule has 0 atom stereocenters. The Balaban J connectivity index is 1.68. The smallest absolute Gasteiger partial charge is 0.267 e. The largest absolute Gasteiger partial charge is 0.280 e. The third kappa shape index (κ3) is 2.91. The second-order valence-electron chi connectivity index (χ2n) is 7.86. The van der Waals surface area contributed by atoms with Crippen LogP contribution in [0.1, 0.15) is 23.6 Å². The van der Waals surface area contributed by atoms with Crippen molar-refractivity contribution in [3.8, 4) is 0 Å². The summed E-state index contributed by atoms with van der Waals surface area (Å²) in [5.74, 6) is -0.0900. The first kappa shape index (κ1) is 18.3. The zero-order valence-corrected chi connectivity index (χ0v) is 17.3. The summed E-state index contributed by atoms with van der Waals surface area (Å²) in [6, 6.07) is 24.8. The average molecular weight is 390 g/mol. The minimum absolute atomic E-state index is 0.0900. The van der Waals surface area contributed by atoms with Crippen molar-refractivity contribution in [2.24, 2.45) is 5.10 Å². The molecule has 4 aromatic carbocycles. The maximum atomic E-state index is 13.3. The van der Waals surface area contributed by atoms with Crippen LogP contribution in [0.3, 0.4) is 0 Å². The molecule has 3 nitrogen and oxygen atoms in total. The molecular formula is C27H22N2O. The predicted molar refractivity (Wildman–Crippen MR) is 126 cm³/mol. The highest BCUT2D eigenvalue weighted by Gasteiger charge is 2.29. The van der Waals surface area contributed by atoms with Crippen molar-refractivity contribution in [1.29, 1.82) is 0 Å². The van der Waals surface area contributed by atoms with Gasteiger partial charge in [0.05, 0.1) is 17.0 Å². The van der Waals surface area contributed by atoms with Crippen LogP contribution in [-0.4, -0.2) is 11.6 Å². The summed E-state index contributed by atoms with van der Waals surface area (Å²) in [4.78, 5) is 13.3. The van der Waals surface area contributed by atoms with Crippen molar-refractivity contribution < 1.29 is 4.79 Å². The Hall–Kier alpha value is -3.72. The number of hydrogen-bond acceptors (Lipinski definition) is 2. The number of anilines is 1. The summed E-state index contributed by atoms with van der Waals surface area (Å²) >= 11 is 0. The molecule has 0 aliphatic carbocycles. The first-order chi connectivity index (χ1) is 14.5. The van der Waals surface area contributed by atoms with Crippen molar-refractivity contribution in [2.75, 3.05) is 5.01 Å². The van der Waals surface area contributed by atoms with Gasteiger partial charge < -0.3 is 0 Å². The van der Waals surface area contributed by atoms with Crippen molar-refractivity contribution >= 4 is 44.9 Å². The van der Waals surface area contributed by atoms with E-state index in [1.54, 1.807) is 0 Å². The summed E-state index contributed by atoms with van der Waals surface area (Å²) < 4.78 is 0. The standard InChI is InChI=1S/C27H22N2O/c1-17-12-13-22(14-18(17)2)29-27(30)25(19(3)28-29)16-26-23-10-6-4-8-20(23)15-21-9-5-7-11-24(21)26/h4-16H,1-3H3/b25-16+. The lowest BCUT2D eigenvalue weighted by Gasteiger charge is -2.14. The van der Waals surface area contributed by atoms with Crippen LogP contribution < -0.4 is 5.01 Å². The normalized spacial score (nSPS) is 15.4. The maximum absolute atomic E-state index is 13.3. The Morgan fingerprint density at radius 3 is 2.03 bits per heavy atom. The van der Waals surface area contributed by atoms with Gasteiger partial charge in [0.15, 0.2) is 0 Å². The molecule has 0 fully saturated rings. The van der Waals surface area contributed by atoms with Crippen molar-refractivity contribution in [2.45, 2.75) is 20.8 Å². The van der Waals surface area contributed by atoms with E-state index in [-0.39, 0.29) is 5.91 Å². The Kier molecular flexibility index (Phi) is 4.25. The fourth-order valence-corrected chi connectivity index (χ4v) is 4.07. The number of hydrazone groups is 1. The third-order valence-corrected chi connectivity index (χ3v) is 5.90. The highest BCUT2D eigenvalue weighted by molar-refractivity contribution is 6.33. The lowest BCUT2D eigenvalue weighted by atomic mass is 9.94. The van der Waals surface area contributed by atoms with E-state index in [1.807, 2.05) is 55.5 Å². The van der Waals surface area contributed by atoms with Crippen LogP contribution in [0, 0.1) is 13.8 Å². The summed E-state index contributed by atoms with van der Waals surface area (Å²) in [6.07, 6.45) is 2.01. The van der Waals surface area contributed by atoms with Gasteiger partial charge in [-0.3, -0.25) is 4.79 Å².